The summed E-state index contributed by atoms with van der Waals surface area (Å²) in [5.41, 5.74) is 1.63. The van der Waals surface area contributed by atoms with E-state index in [-0.39, 0.29) is 24.0 Å². The van der Waals surface area contributed by atoms with Crippen LogP contribution in [-0.4, -0.2) is 31.3 Å². The summed E-state index contributed by atoms with van der Waals surface area (Å²) < 4.78 is 12.4. The van der Waals surface area contributed by atoms with Crippen molar-refractivity contribution < 1.29 is 33.1 Å². The molecule has 0 N–H and O–H groups in total. The Morgan fingerprint density at radius 2 is 1.21 bits per heavy atom. The summed E-state index contributed by atoms with van der Waals surface area (Å²) in [4.78, 5) is 7.57. The van der Waals surface area contributed by atoms with E-state index in [0.29, 0.717) is 47.8 Å². The Hall–Kier alpha value is -2.41. The zero-order chi connectivity index (χ0) is 26.0. The van der Waals surface area contributed by atoms with Gasteiger partial charge in [-0.25, -0.2) is 0 Å². The molecule has 8 heteroatoms. The van der Waals surface area contributed by atoms with Gasteiger partial charge in [0, 0.05) is 18.1 Å². The number of morpholine rings is 1. The summed E-state index contributed by atoms with van der Waals surface area (Å²) in [6.45, 7) is 2.69. The summed E-state index contributed by atoms with van der Waals surface area (Å²) in [5.74, 6) is 1.24. The Bertz CT molecular complexity index is 1430. The molecule has 0 atom stereocenters. The maximum absolute atomic E-state index is 6.69. The minimum Gasteiger partial charge on any atom is -1.00 e. The van der Waals surface area contributed by atoms with Crippen molar-refractivity contribution in [2.24, 2.45) is 0 Å². The van der Waals surface area contributed by atoms with Crippen LogP contribution in [0.4, 0.5) is 5.88 Å². The lowest BCUT2D eigenvalue weighted by atomic mass is 10.2. The molecule has 1 aromatic heterocycles. The predicted octanol–water partition coefficient (Wildman–Crippen LogP) is 3.11. The average molecular weight is 687 g/mol. The van der Waals surface area contributed by atoms with Crippen molar-refractivity contribution in [2.45, 2.75) is 0 Å². The van der Waals surface area contributed by atoms with E-state index in [0.717, 1.165) is 11.3 Å². The van der Waals surface area contributed by atoms with E-state index in [4.69, 9.17) is 37.3 Å². The number of rotatable bonds is 6. The van der Waals surface area contributed by atoms with Crippen molar-refractivity contribution in [1.82, 2.24) is 4.98 Å². The fourth-order valence-electron chi connectivity index (χ4n) is 5.04. The van der Waals surface area contributed by atoms with Crippen LogP contribution >= 0.6 is 30.5 Å². The first kappa shape index (κ1) is 28.1. The predicted molar refractivity (Wildman–Crippen MR) is 160 cm³/mol. The third-order valence-corrected chi connectivity index (χ3v) is 11.5. The minimum absolute atomic E-state index is 0. The molecule has 2 heterocycles. The van der Waals surface area contributed by atoms with Crippen molar-refractivity contribution in [3.63, 3.8) is 0 Å². The SMILES string of the molecule is Clc1ccc(-c2nc([P+](c3ccccc3)(c3ccccc3)c3ccccc3)c(N3CCOCC3)o2)c(Cl)c1.[I-]. The number of anilines is 1. The maximum atomic E-state index is 6.69. The number of hydrogen-bond donors (Lipinski definition) is 0. The largest absolute Gasteiger partial charge is 1.00 e. The summed E-state index contributed by atoms with van der Waals surface area (Å²) in [5, 5.41) is 4.68. The number of benzene rings is 4. The van der Waals surface area contributed by atoms with Gasteiger partial charge in [-0.15, -0.1) is 0 Å². The van der Waals surface area contributed by atoms with Gasteiger partial charge >= 0.3 is 0 Å². The average Bonchev–Trinajstić information content (AvgIpc) is 3.41. The lowest BCUT2D eigenvalue weighted by molar-refractivity contribution is -0.00000837. The van der Waals surface area contributed by atoms with E-state index < -0.39 is 7.26 Å². The molecule has 0 aliphatic carbocycles. The van der Waals surface area contributed by atoms with E-state index in [1.54, 1.807) is 6.07 Å². The molecule has 0 unspecified atom stereocenters. The molecule has 4 aromatic carbocycles. The molecule has 0 saturated carbocycles. The molecule has 0 bridgehead atoms. The van der Waals surface area contributed by atoms with Crippen LogP contribution in [0, 0.1) is 0 Å². The second-order valence-corrected chi connectivity index (χ2v) is 13.2. The number of halogens is 3. The highest BCUT2D eigenvalue weighted by Crippen LogP contribution is 2.56. The number of hydrogen-bond acceptors (Lipinski definition) is 4. The topological polar surface area (TPSA) is 38.5 Å². The lowest BCUT2D eigenvalue weighted by Gasteiger charge is -2.30. The van der Waals surface area contributed by atoms with Crippen LogP contribution in [-0.2, 0) is 4.74 Å². The standard InChI is InChI=1S/C31H26Cl2N2O2P.HI/c32-23-16-17-27(28(33)22-23)29-34-30(31(37-29)35-18-20-36-21-19-35)38(24-10-4-1-5-11-24,25-12-6-2-7-13-25)26-14-8-3-9-15-26;/h1-17,22H,18-21H2;1H/q+1;/p-1. The first-order chi connectivity index (χ1) is 18.7. The highest BCUT2D eigenvalue weighted by Gasteiger charge is 2.53. The van der Waals surface area contributed by atoms with Gasteiger partial charge in [-0.1, -0.05) is 77.8 Å². The van der Waals surface area contributed by atoms with Crippen LogP contribution < -0.4 is 50.2 Å². The smallest absolute Gasteiger partial charge is 0.262 e. The van der Waals surface area contributed by atoms with Crippen molar-refractivity contribution >= 4 is 57.7 Å². The molecule has 1 fully saturated rings. The Morgan fingerprint density at radius 3 is 1.69 bits per heavy atom. The third kappa shape index (κ3) is 5.36. The molecule has 1 saturated heterocycles. The molecule has 6 rings (SSSR count). The monoisotopic (exact) mass is 686 g/mol. The quantitative estimate of drug-likeness (QED) is 0.204. The van der Waals surface area contributed by atoms with Gasteiger partial charge in [-0.05, 0) is 54.6 Å². The van der Waals surface area contributed by atoms with Crippen LogP contribution in [0.5, 0.6) is 0 Å². The molecular formula is C31H26Cl2IN2O2P. The lowest BCUT2D eigenvalue weighted by Crippen LogP contribution is -3.00. The van der Waals surface area contributed by atoms with Crippen LogP contribution in [0.1, 0.15) is 0 Å². The van der Waals surface area contributed by atoms with E-state index in [9.17, 15) is 0 Å². The maximum Gasteiger partial charge on any atom is 0.262 e. The first-order valence-corrected chi connectivity index (χ1v) is 15.1. The van der Waals surface area contributed by atoms with E-state index in [1.165, 1.54) is 15.9 Å². The van der Waals surface area contributed by atoms with E-state index in [1.807, 2.05) is 12.1 Å². The molecule has 5 aromatic rings. The molecule has 198 valence electrons. The van der Waals surface area contributed by atoms with Gasteiger partial charge in [0.1, 0.15) is 15.9 Å². The molecule has 1 aliphatic rings. The number of ether oxygens (including phenoxy) is 1. The van der Waals surface area contributed by atoms with Crippen LogP contribution in [0.25, 0.3) is 11.5 Å². The molecular weight excluding hydrogens is 661 g/mol. The van der Waals surface area contributed by atoms with Crippen molar-refractivity contribution in [2.75, 3.05) is 31.2 Å². The van der Waals surface area contributed by atoms with Crippen LogP contribution in [0.2, 0.25) is 10.0 Å². The van der Waals surface area contributed by atoms with Gasteiger partial charge in [-0.3, -0.25) is 0 Å². The van der Waals surface area contributed by atoms with Crippen molar-refractivity contribution in [3.05, 3.63) is 119 Å². The summed E-state index contributed by atoms with van der Waals surface area (Å²) in [6, 6.07) is 37.4. The van der Waals surface area contributed by atoms with Crippen LogP contribution in [0.3, 0.4) is 0 Å². The first-order valence-electron chi connectivity index (χ1n) is 12.5. The highest BCUT2D eigenvalue weighted by atomic mass is 127. The molecule has 0 spiro atoms. The minimum atomic E-state index is -2.49. The fourth-order valence-corrected chi connectivity index (χ4v) is 9.73. The Balaban J connectivity index is 0.00000308. The molecule has 0 radical (unpaired) electrons. The Labute approximate surface area is 256 Å². The second kappa shape index (κ2) is 12.4. The van der Waals surface area contributed by atoms with Crippen LogP contribution in [0.15, 0.2) is 114 Å². The Morgan fingerprint density at radius 1 is 0.692 bits per heavy atom. The second-order valence-electron chi connectivity index (χ2n) is 9.05. The summed E-state index contributed by atoms with van der Waals surface area (Å²) in [6.07, 6.45) is 0. The van der Waals surface area contributed by atoms with Gasteiger partial charge < -0.3 is 38.0 Å². The van der Waals surface area contributed by atoms with Crippen molar-refractivity contribution in [1.29, 1.82) is 0 Å². The van der Waals surface area contributed by atoms with E-state index >= 15 is 0 Å². The molecule has 1 aliphatic heterocycles. The van der Waals surface area contributed by atoms with Gasteiger partial charge in [0.05, 0.1) is 23.8 Å². The molecule has 0 amide bonds. The van der Waals surface area contributed by atoms with Gasteiger partial charge in [0.15, 0.2) is 7.26 Å². The van der Waals surface area contributed by atoms with Gasteiger partial charge in [0.25, 0.3) is 11.3 Å². The normalized spacial score (nSPS) is 13.6. The highest BCUT2D eigenvalue weighted by molar-refractivity contribution is 8.01. The zero-order valence-electron chi connectivity index (χ0n) is 21.0. The van der Waals surface area contributed by atoms with Crippen molar-refractivity contribution in [3.8, 4) is 11.5 Å². The summed E-state index contributed by atoms with van der Waals surface area (Å²) >= 11 is 12.9. The number of nitrogens with zero attached hydrogens (tertiary/aromatic N) is 2. The molecule has 39 heavy (non-hydrogen) atoms. The number of oxazole rings is 1. The van der Waals surface area contributed by atoms with E-state index in [2.05, 4.69) is 95.9 Å². The third-order valence-electron chi connectivity index (χ3n) is 6.80. The zero-order valence-corrected chi connectivity index (χ0v) is 25.6. The Kier molecular flexibility index (Phi) is 8.95. The molecule has 4 nitrogen and oxygen atoms in total. The van der Waals surface area contributed by atoms with Gasteiger partial charge in [0.2, 0.25) is 5.89 Å². The summed E-state index contributed by atoms with van der Waals surface area (Å²) in [7, 11) is -2.49. The van der Waals surface area contributed by atoms with Gasteiger partial charge in [-0.2, -0.15) is 4.98 Å². The fraction of sp³-hybridized carbons (Fsp3) is 0.129. The number of aromatic nitrogens is 1.